The molecule has 1 atom stereocenters. The lowest BCUT2D eigenvalue weighted by molar-refractivity contribution is 0.402. The van der Waals surface area contributed by atoms with Crippen molar-refractivity contribution in [3.63, 3.8) is 0 Å². The molecule has 1 aromatic rings. The minimum absolute atomic E-state index is 0.172. The molecule has 0 aliphatic rings. The fraction of sp³-hybridized carbons (Fsp3) is 0.625. The van der Waals surface area contributed by atoms with Crippen molar-refractivity contribution in [3.05, 3.63) is 29.3 Å². The second kappa shape index (κ2) is 6.24. The van der Waals surface area contributed by atoms with Crippen molar-refractivity contribution in [1.29, 1.82) is 0 Å². The summed E-state index contributed by atoms with van der Waals surface area (Å²) >= 11 is 0. The molecule has 0 heterocycles. The number of methoxy groups -OCH3 is 1. The van der Waals surface area contributed by atoms with Crippen molar-refractivity contribution >= 4 is 0 Å². The summed E-state index contributed by atoms with van der Waals surface area (Å²) < 4.78 is 5.46. The Hall–Kier alpha value is -1.02. The van der Waals surface area contributed by atoms with Gasteiger partial charge in [-0.2, -0.15) is 0 Å². The van der Waals surface area contributed by atoms with Gasteiger partial charge in [-0.15, -0.1) is 0 Å². The number of rotatable bonds is 5. The largest absolute Gasteiger partial charge is 0.496 e. The number of hydrogen-bond donors (Lipinski definition) is 1. The SMILES string of the molecule is CCC(CN)Cc1cc(C(C)(C)C)ccc1OC. The lowest BCUT2D eigenvalue weighted by Crippen LogP contribution is -2.17. The van der Waals surface area contributed by atoms with Crippen LogP contribution in [0.4, 0.5) is 0 Å². The van der Waals surface area contributed by atoms with E-state index in [2.05, 4.69) is 45.9 Å². The molecule has 0 amide bonds. The summed E-state index contributed by atoms with van der Waals surface area (Å²) in [7, 11) is 1.74. The second-order valence-corrected chi connectivity index (χ2v) is 5.99. The summed E-state index contributed by atoms with van der Waals surface area (Å²) in [5, 5.41) is 0. The molecule has 2 heteroatoms. The Morgan fingerprint density at radius 2 is 1.94 bits per heavy atom. The molecule has 0 saturated carbocycles. The highest BCUT2D eigenvalue weighted by Gasteiger charge is 2.17. The third-order valence-corrected chi connectivity index (χ3v) is 3.57. The molecular weight excluding hydrogens is 222 g/mol. The zero-order valence-electron chi connectivity index (χ0n) is 12.4. The monoisotopic (exact) mass is 249 g/mol. The standard InChI is InChI=1S/C16H27NO/c1-6-12(11-17)9-13-10-14(16(2,3)4)7-8-15(13)18-5/h7-8,10,12H,6,9,11,17H2,1-5H3. The smallest absolute Gasteiger partial charge is 0.122 e. The highest BCUT2D eigenvalue weighted by molar-refractivity contribution is 5.40. The van der Waals surface area contributed by atoms with Crippen LogP contribution in [-0.4, -0.2) is 13.7 Å². The van der Waals surface area contributed by atoms with Crippen LogP contribution in [0.25, 0.3) is 0 Å². The van der Waals surface area contributed by atoms with Crippen LogP contribution in [0, 0.1) is 5.92 Å². The highest BCUT2D eigenvalue weighted by atomic mass is 16.5. The molecule has 0 radical (unpaired) electrons. The van der Waals surface area contributed by atoms with Gasteiger partial charge in [-0.25, -0.2) is 0 Å². The van der Waals surface area contributed by atoms with E-state index in [1.165, 1.54) is 11.1 Å². The van der Waals surface area contributed by atoms with Crippen molar-refractivity contribution in [2.75, 3.05) is 13.7 Å². The molecule has 0 aliphatic carbocycles. The summed E-state index contributed by atoms with van der Waals surface area (Å²) in [4.78, 5) is 0. The van der Waals surface area contributed by atoms with E-state index in [4.69, 9.17) is 10.5 Å². The van der Waals surface area contributed by atoms with E-state index in [-0.39, 0.29) is 5.41 Å². The lowest BCUT2D eigenvalue weighted by Gasteiger charge is -2.22. The maximum Gasteiger partial charge on any atom is 0.122 e. The molecule has 0 aromatic heterocycles. The van der Waals surface area contributed by atoms with Gasteiger partial charge < -0.3 is 10.5 Å². The van der Waals surface area contributed by atoms with Gasteiger partial charge in [0.1, 0.15) is 5.75 Å². The summed E-state index contributed by atoms with van der Waals surface area (Å²) in [5.74, 6) is 1.52. The van der Waals surface area contributed by atoms with E-state index in [0.717, 1.165) is 25.1 Å². The van der Waals surface area contributed by atoms with E-state index in [0.29, 0.717) is 5.92 Å². The van der Waals surface area contributed by atoms with Gasteiger partial charge in [0.25, 0.3) is 0 Å². The summed E-state index contributed by atoms with van der Waals surface area (Å²) in [5.41, 5.74) is 8.61. The van der Waals surface area contributed by atoms with Gasteiger partial charge in [0.15, 0.2) is 0 Å². The lowest BCUT2D eigenvalue weighted by atomic mass is 9.84. The molecule has 2 nitrogen and oxygen atoms in total. The first-order valence-electron chi connectivity index (χ1n) is 6.79. The zero-order chi connectivity index (χ0) is 13.8. The molecule has 0 bridgehead atoms. The third-order valence-electron chi connectivity index (χ3n) is 3.57. The minimum atomic E-state index is 0.172. The first kappa shape index (κ1) is 15.0. The fourth-order valence-electron chi connectivity index (χ4n) is 2.11. The van der Waals surface area contributed by atoms with Gasteiger partial charge in [0, 0.05) is 0 Å². The van der Waals surface area contributed by atoms with Gasteiger partial charge in [-0.05, 0) is 41.5 Å². The van der Waals surface area contributed by atoms with Crippen molar-refractivity contribution < 1.29 is 4.74 Å². The van der Waals surface area contributed by atoms with Gasteiger partial charge in [-0.1, -0.05) is 46.2 Å². The maximum absolute atomic E-state index is 5.81. The Labute approximate surface area is 112 Å². The summed E-state index contributed by atoms with van der Waals surface area (Å²) in [6.45, 7) is 9.63. The average Bonchev–Trinajstić information content (AvgIpc) is 2.34. The minimum Gasteiger partial charge on any atom is -0.496 e. The molecule has 0 saturated heterocycles. The Morgan fingerprint density at radius 3 is 2.39 bits per heavy atom. The van der Waals surface area contributed by atoms with Gasteiger partial charge in [0.05, 0.1) is 7.11 Å². The highest BCUT2D eigenvalue weighted by Crippen LogP contribution is 2.29. The van der Waals surface area contributed by atoms with Crippen LogP contribution in [0.3, 0.4) is 0 Å². The predicted molar refractivity (Wildman–Crippen MR) is 78.2 cm³/mol. The molecule has 1 unspecified atom stereocenters. The molecule has 0 fully saturated rings. The Bertz CT molecular complexity index is 375. The first-order valence-corrected chi connectivity index (χ1v) is 6.79. The van der Waals surface area contributed by atoms with Crippen LogP contribution in [0.15, 0.2) is 18.2 Å². The van der Waals surface area contributed by atoms with Gasteiger partial charge in [-0.3, -0.25) is 0 Å². The molecule has 102 valence electrons. The van der Waals surface area contributed by atoms with E-state index < -0.39 is 0 Å². The molecular formula is C16H27NO. The average molecular weight is 249 g/mol. The molecule has 2 N–H and O–H groups in total. The van der Waals surface area contributed by atoms with Crippen LogP contribution in [0.5, 0.6) is 5.75 Å². The molecule has 0 aliphatic heterocycles. The zero-order valence-corrected chi connectivity index (χ0v) is 12.4. The molecule has 1 rings (SSSR count). The van der Waals surface area contributed by atoms with Crippen LogP contribution < -0.4 is 10.5 Å². The summed E-state index contributed by atoms with van der Waals surface area (Å²) in [6, 6.07) is 6.52. The van der Waals surface area contributed by atoms with Gasteiger partial charge >= 0.3 is 0 Å². The number of nitrogens with two attached hydrogens (primary N) is 1. The van der Waals surface area contributed by atoms with E-state index in [1.54, 1.807) is 7.11 Å². The predicted octanol–water partition coefficient (Wildman–Crippen LogP) is 3.52. The van der Waals surface area contributed by atoms with Crippen LogP contribution >= 0.6 is 0 Å². The van der Waals surface area contributed by atoms with Crippen molar-refractivity contribution in [1.82, 2.24) is 0 Å². The van der Waals surface area contributed by atoms with E-state index in [1.807, 2.05) is 0 Å². The molecule has 1 aromatic carbocycles. The topological polar surface area (TPSA) is 35.2 Å². The third kappa shape index (κ3) is 3.74. The molecule has 0 spiro atoms. The van der Waals surface area contributed by atoms with E-state index >= 15 is 0 Å². The Kier molecular flexibility index (Phi) is 5.21. The number of hydrogen-bond acceptors (Lipinski definition) is 2. The van der Waals surface area contributed by atoms with Crippen LogP contribution in [0.1, 0.15) is 45.2 Å². The van der Waals surface area contributed by atoms with E-state index in [9.17, 15) is 0 Å². The Morgan fingerprint density at radius 1 is 1.28 bits per heavy atom. The Balaban J connectivity index is 3.06. The normalized spacial score (nSPS) is 13.4. The van der Waals surface area contributed by atoms with Crippen LogP contribution in [-0.2, 0) is 11.8 Å². The van der Waals surface area contributed by atoms with Gasteiger partial charge in [0.2, 0.25) is 0 Å². The fourth-order valence-corrected chi connectivity index (χ4v) is 2.11. The second-order valence-electron chi connectivity index (χ2n) is 5.99. The van der Waals surface area contributed by atoms with Crippen LogP contribution in [0.2, 0.25) is 0 Å². The van der Waals surface area contributed by atoms with Crippen molar-refractivity contribution in [3.8, 4) is 5.75 Å². The summed E-state index contributed by atoms with van der Waals surface area (Å²) in [6.07, 6.45) is 2.11. The number of benzene rings is 1. The quantitative estimate of drug-likeness (QED) is 0.866. The van der Waals surface area contributed by atoms with Crippen molar-refractivity contribution in [2.24, 2.45) is 11.7 Å². The molecule has 18 heavy (non-hydrogen) atoms. The van der Waals surface area contributed by atoms with Crippen molar-refractivity contribution in [2.45, 2.75) is 46.0 Å². The maximum atomic E-state index is 5.81. The number of ether oxygens (including phenoxy) is 1. The first-order chi connectivity index (χ1) is 8.42.